The Labute approximate surface area is 131 Å². The van der Waals surface area contributed by atoms with E-state index in [4.69, 9.17) is 18.0 Å². The van der Waals surface area contributed by atoms with Crippen molar-refractivity contribution in [2.45, 2.75) is 32.2 Å². The molecule has 2 aliphatic heterocycles. The third-order valence-electron chi connectivity index (χ3n) is 4.43. The summed E-state index contributed by atoms with van der Waals surface area (Å²) in [5, 5.41) is 0. The van der Waals surface area contributed by atoms with E-state index in [1.807, 2.05) is 23.6 Å². The first-order valence-electron chi connectivity index (χ1n) is 7.47. The summed E-state index contributed by atoms with van der Waals surface area (Å²) in [5.41, 5.74) is 5.69. The van der Waals surface area contributed by atoms with Crippen molar-refractivity contribution in [3.05, 3.63) is 0 Å². The highest BCUT2D eigenvalue weighted by Crippen LogP contribution is 2.26. The Morgan fingerprint density at radius 1 is 1.30 bits per heavy atom. The molecule has 1 unspecified atom stereocenters. The monoisotopic (exact) mass is 315 g/mol. The quantitative estimate of drug-likeness (QED) is 0.794. The Kier molecular flexibility index (Phi) is 6.11. The SMILES string of the molecule is CC(C(N)=S)N1CCN(C(=O)CC2CCSCC2)CC1. The van der Waals surface area contributed by atoms with Gasteiger partial charge < -0.3 is 10.6 Å². The molecule has 2 fully saturated rings. The van der Waals surface area contributed by atoms with Crippen molar-refractivity contribution in [1.29, 1.82) is 0 Å². The van der Waals surface area contributed by atoms with Crippen molar-refractivity contribution < 1.29 is 4.79 Å². The Hall–Kier alpha value is -0.330. The molecular formula is C14H25N3OS2. The zero-order valence-corrected chi connectivity index (χ0v) is 13.8. The third kappa shape index (κ3) is 4.33. The van der Waals surface area contributed by atoms with E-state index < -0.39 is 0 Å². The molecule has 0 aromatic rings. The maximum absolute atomic E-state index is 12.3. The van der Waals surface area contributed by atoms with Crippen molar-refractivity contribution in [3.8, 4) is 0 Å². The molecule has 1 amide bonds. The summed E-state index contributed by atoms with van der Waals surface area (Å²) in [6.07, 6.45) is 3.15. The summed E-state index contributed by atoms with van der Waals surface area (Å²) in [6.45, 7) is 5.43. The van der Waals surface area contributed by atoms with Crippen molar-refractivity contribution in [2.24, 2.45) is 11.7 Å². The second-order valence-electron chi connectivity index (χ2n) is 5.75. The van der Waals surface area contributed by atoms with E-state index in [1.54, 1.807) is 0 Å². The van der Waals surface area contributed by atoms with Gasteiger partial charge in [0.15, 0.2) is 0 Å². The molecule has 1 atom stereocenters. The van der Waals surface area contributed by atoms with Gasteiger partial charge in [0, 0.05) is 32.6 Å². The fourth-order valence-electron chi connectivity index (χ4n) is 2.87. The predicted octanol–water partition coefficient (Wildman–Crippen LogP) is 1.34. The third-order valence-corrected chi connectivity index (χ3v) is 5.82. The van der Waals surface area contributed by atoms with Gasteiger partial charge in [-0.25, -0.2) is 0 Å². The first kappa shape index (κ1) is 16.0. The van der Waals surface area contributed by atoms with E-state index in [0.29, 0.717) is 16.8 Å². The molecule has 0 saturated carbocycles. The van der Waals surface area contributed by atoms with Gasteiger partial charge >= 0.3 is 0 Å². The van der Waals surface area contributed by atoms with Gasteiger partial charge in [0.05, 0.1) is 11.0 Å². The van der Waals surface area contributed by atoms with E-state index in [1.165, 1.54) is 24.3 Å². The van der Waals surface area contributed by atoms with Crippen molar-refractivity contribution in [2.75, 3.05) is 37.7 Å². The minimum Gasteiger partial charge on any atom is -0.392 e. The number of rotatable bonds is 4. The summed E-state index contributed by atoms with van der Waals surface area (Å²) in [6, 6.07) is 0.137. The fraction of sp³-hybridized carbons (Fsp3) is 0.857. The molecule has 114 valence electrons. The standard InChI is InChI=1S/C14H25N3OS2/c1-11(14(15)19)16-4-6-17(7-5-16)13(18)10-12-2-8-20-9-3-12/h11-12H,2-10H2,1H3,(H2,15,19). The lowest BCUT2D eigenvalue weighted by atomic mass is 9.98. The molecule has 6 heteroatoms. The van der Waals surface area contributed by atoms with E-state index in [0.717, 1.165) is 32.6 Å². The highest BCUT2D eigenvalue weighted by Gasteiger charge is 2.26. The van der Waals surface area contributed by atoms with Gasteiger partial charge in [-0.15, -0.1) is 0 Å². The number of hydrogen-bond acceptors (Lipinski definition) is 4. The summed E-state index contributed by atoms with van der Waals surface area (Å²) in [7, 11) is 0. The van der Waals surface area contributed by atoms with Crippen LogP contribution in [0.4, 0.5) is 0 Å². The van der Waals surface area contributed by atoms with E-state index >= 15 is 0 Å². The number of carbonyl (C=O) groups excluding carboxylic acids is 1. The van der Waals surface area contributed by atoms with Gasteiger partial charge in [-0.3, -0.25) is 9.69 Å². The zero-order valence-electron chi connectivity index (χ0n) is 12.2. The Morgan fingerprint density at radius 2 is 1.90 bits per heavy atom. The van der Waals surface area contributed by atoms with Crippen LogP contribution in [0.1, 0.15) is 26.2 Å². The molecule has 0 aromatic carbocycles. The smallest absolute Gasteiger partial charge is 0.222 e. The van der Waals surface area contributed by atoms with Crippen LogP contribution in [0.25, 0.3) is 0 Å². The molecule has 2 N–H and O–H groups in total. The molecular weight excluding hydrogens is 290 g/mol. The summed E-state index contributed by atoms with van der Waals surface area (Å²) in [4.78, 5) is 17.2. The van der Waals surface area contributed by atoms with Gasteiger partial charge in [-0.05, 0) is 37.2 Å². The van der Waals surface area contributed by atoms with Crippen LogP contribution in [0.3, 0.4) is 0 Å². The molecule has 20 heavy (non-hydrogen) atoms. The molecule has 0 bridgehead atoms. The summed E-state index contributed by atoms with van der Waals surface area (Å²) in [5.74, 6) is 3.39. The normalized spacial score (nSPS) is 23.6. The second-order valence-corrected chi connectivity index (χ2v) is 7.45. The highest BCUT2D eigenvalue weighted by molar-refractivity contribution is 7.99. The lowest BCUT2D eigenvalue weighted by Gasteiger charge is -2.38. The number of thiocarbonyl (C=S) groups is 1. The van der Waals surface area contributed by atoms with Gasteiger partial charge in [-0.1, -0.05) is 12.2 Å². The van der Waals surface area contributed by atoms with Crippen LogP contribution in [0.5, 0.6) is 0 Å². The van der Waals surface area contributed by atoms with Gasteiger partial charge in [0.25, 0.3) is 0 Å². The largest absolute Gasteiger partial charge is 0.392 e. The average molecular weight is 316 g/mol. The minimum absolute atomic E-state index is 0.137. The number of carbonyl (C=O) groups is 1. The van der Waals surface area contributed by atoms with E-state index in [2.05, 4.69) is 4.90 Å². The predicted molar refractivity (Wildman–Crippen MR) is 89.1 cm³/mol. The molecule has 4 nitrogen and oxygen atoms in total. The molecule has 0 aromatic heterocycles. The summed E-state index contributed by atoms with van der Waals surface area (Å²) >= 11 is 7.05. The van der Waals surface area contributed by atoms with Crippen LogP contribution in [-0.2, 0) is 4.79 Å². The lowest BCUT2D eigenvalue weighted by Crippen LogP contribution is -2.54. The Morgan fingerprint density at radius 3 is 2.45 bits per heavy atom. The Bertz CT molecular complexity index is 350. The number of piperazine rings is 1. The van der Waals surface area contributed by atoms with Gasteiger partial charge in [0.2, 0.25) is 5.91 Å². The average Bonchev–Trinajstić information content (AvgIpc) is 2.47. The minimum atomic E-state index is 0.137. The maximum Gasteiger partial charge on any atom is 0.222 e. The zero-order chi connectivity index (χ0) is 14.5. The van der Waals surface area contributed by atoms with Gasteiger partial charge in [0.1, 0.15) is 0 Å². The van der Waals surface area contributed by atoms with E-state index in [-0.39, 0.29) is 6.04 Å². The Balaban J connectivity index is 1.75. The molecule has 2 heterocycles. The number of thioether (sulfide) groups is 1. The molecule has 2 rings (SSSR count). The molecule has 2 aliphatic rings. The van der Waals surface area contributed by atoms with Crippen molar-refractivity contribution in [3.63, 3.8) is 0 Å². The number of amides is 1. The first-order valence-corrected chi connectivity index (χ1v) is 9.03. The van der Waals surface area contributed by atoms with Crippen LogP contribution in [0.15, 0.2) is 0 Å². The molecule has 0 radical (unpaired) electrons. The van der Waals surface area contributed by atoms with Crippen LogP contribution in [0.2, 0.25) is 0 Å². The van der Waals surface area contributed by atoms with Crippen LogP contribution >= 0.6 is 24.0 Å². The van der Waals surface area contributed by atoms with Crippen molar-refractivity contribution >= 4 is 34.9 Å². The van der Waals surface area contributed by atoms with Crippen LogP contribution in [-0.4, -0.2) is 64.4 Å². The topological polar surface area (TPSA) is 49.6 Å². The maximum atomic E-state index is 12.3. The number of hydrogen-bond donors (Lipinski definition) is 1. The van der Waals surface area contributed by atoms with E-state index in [9.17, 15) is 4.79 Å². The fourth-order valence-corrected chi connectivity index (χ4v) is 4.22. The van der Waals surface area contributed by atoms with Crippen molar-refractivity contribution in [1.82, 2.24) is 9.80 Å². The van der Waals surface area contributed by atoms with Gasteiger partial charge in [-0.2, -0.15) is 11.8 Å². The molecule has 2 saturated heterocycles. The summed E-state index contributed by atoms with van der Waals surface area (Å²) < 4.78 is 0. The second kappa shape index (κ2) is 7.61. The number of nitrogens with zero attached hydrogens (tertiary/aromatic N) is 2. The molecule has 0 aliphatic carbocycles. The highest BCUT2D eigenvalue weighted by atomic mass is 32.2. The molecule has 0 spiro atoms. The first-order chi connectivity index (χ1) is 9.58. The van der Waals surface area contributed by atoms with Crippen LogP contribution in [0, 0.1) is 5.92 Å². The number of nitrogens with two attached hydrogens (primary N) is 1. The van der Waals surface area contributed by atoms with Crippen LogP contribution < -0.4 is 5.73 Å². The lowest BCUT2D eigenvalue weighted by molar-refractivity contribution is -0.134.